The number of fused-ring (bicyclic) bond motifs is 2. The summed E-state index contributed by atoms with van der Waals surface area (Å²) in [6, 6.07) is 12.9. The predicted molar refractivity (Wildman–Crippen MR) is 132 cm³/mol. The minimum Gasteiger partial charge on any atom is -0.507 e. The predicted octanol–water partition coefficient (Wildman–Crippen LogP) is 6.93. The summed E-state index contributed by atoms with van der Waals surface area (Å²) in [7, 11) is 0. The monoisotopic (exact) mass is 478 g/mol. The fraction of sp³-hybridized carbons (Fsp3) is 0.286. The zero-order valence-electron chi connectivity index (χ0n) is 19.1. The SMILES string of the molecule is CCCCCCCCOc1ccc(-c2ccc3c(c2O)C(=O)c2cc(Cl)cc(O)c2C3=O)cc1. The van der Waals surface area contributed by atoms with Crippen molar-refractivity contribution in [3.8, 4) is 28.4 Å². The molecule has 0 radical (unpaired) electrons. The molecule has 4 rings (SSSR count). The van der Waals surface area contributed by atoms with E-state index in [2.05, 4.69) is 6.92 Å². The van der Waals surface area contributed by atoms with Crippen LogP contribution < -0.4 is 4.74 Å². The smallest absolute Gasteiger partial charge is 0.198 e. The molecule has 0 saturated heterocycles. The standard InChI is InChI=1S/C28H27ClO5/c1-2-3-4-5-6-7-14-34-19-10-8-17(9-11-19)20-12-13-21-25(26(20)31)28(33)22-15-18(29)16-23(30)24(22)27(21)32/h8-13,15-16,30-31H,2-7,14H2,1H3. The van der Waals surface area contributed by atoms with Gasteiger partial charge >= 0.3 is 0 Å². The molecule has 6 heteroatoms. The molecular formula is C28H27ClO5. The maximum atomic E-state index is 13.1. The van der Waals surface area contributed by atoms with E-state index in [0.717, 1.165) is 18.6 Å². The molecule has 3 aromatic carbocycles. The van der Waals surface area contributed by atoms with Gasteiger partial charge in [0.05, 0.1) is 17.7 Å². The largest absolute Gasteiger partial charge is 0.507 e. The Morgan fingerprint density at radius 3 is 2.15 bits per heavy atom. The minimum atomic E-state index is -0.555. The third kappa shape index (κ3) is 4.66. The fourth-order valence-electron chi connectivity index (χ4n) is 4.33. The lowest BCUT2D eigenvalue weighted by molar-refractivity contribution is 0.0974. The molecule has 34 heavy (non-hydrogen) atoms. The van der Waals surface area contributed by atoms with Gasteiger partial charge in [-0.05, 0) is 48.4 Å². The number of ether oxygens (including phenoxy) is 1. The lowest BCUT2D eigenvalue weighted by atomic mass is 9.81. The van der Waals surface area contributed by atoms with Crippen molar-refractivity contribution in [1.29, 1.82) is 0 Å². The summed E-state index contributed by atoms with van der Waals surface area (Å²) in [5.41, 5.74) is 0.967. The van der Waals surface area contributed by atoms with E-state index in [1.165, 1.54) is 43.9 Å². The van der Waals surface area contributed by atoms with Gasteiger partial charge in [-0.1, -0.05) is 62.8 Å². The Kier molecular flexibility index (Phi) is 7.23. The third-order valence-corrected chi connectivity index (χ3v) is 6.35. The van der Waals surface area contributed by atoms with Gasteiger partial charge in [-0.15, -0.1) is 0 Å². The van der Waals surface area contributed by atoms with E-state index < -0.39 is 11.6 Å². The fourth-order valence-corrected chi connectivity index (χ4v) is 4.54. The van der Waals surface area contributed by atoms with Gasteiger partial charge in [0.2, 0.25) is 0 Å². The first kappa shape index (κ1) is 23.8. The first-order valence-electron chi connectivity index (χ1n) is 11.6. The molecule has 1 aliphatic carbocycles. The number of carbonyl (C=O) groups excluding carboxylic acids is 2. The molecule has 1 aliphatic rings. The number of hydrogen-bond donors (Lipinski definition) is 2. The highest BCUT2D eigenvalue weighted by Crippen LogP contribution is 2.42. The second kappa shape index (κ2) is 10.3. The van der Waals surface area contributed by atoms with Crippen molar-refractivity contribution in [3.63, 3.8) is 0 Å². The van der Waals surface area contributed by atoms with Crippen LogP contribution in [-0.2, 0) is 0 Å². The molecule has 0 aliphatic heterocycles. The Bertz CT molecular complexity index is 1230. The zero-order valence-corrected chi connectivity index (χ0v) is 19.8. The van der Waals surface area contributed by atoms with Gasteiger partial charge in [-0.3, -0.25) is 9.59 Å². The van der Waals surface area contributed by atoms with Crippen molar-refractivity contribution in [1.82, 2.24) is 0 Å². The van der Waals surface area contributed by atoms with Crippen LogP contribution in [0.1, 0.15) is 77.3 Å². The number of hydrogen-bond acceptors (Lipinski definition) is 5. The molecule has 5 nitrogen and oxygen atoms in total. The molecular weight excluding hydrogens is 452 g/mol. The van der Waals surface area contributed by atoms with Crippen LogP contribution >= 0.6 is 11.6 Å². The Morgan fingerprint density at radius 2 is 1.41 bits per heavy atom. The van der Waals surface area contributed by atoms with Crippen molar-refractivity contribution in [2.45, 2.75) is 45.4 Å². The molecule has 0 fully saturated rings. The Balaban J connectivity index is 1.52. The molecule has 3 aromatic rings. The first-order chi connectivity index (χ1) is 16.4. The minimum absolute atomic E-state index is 0.0200. The van der Waals surface area contributed by atoms with Crippen molar-refractivity contribution < 1.29 is 24.5 Å². The zero-order chi connectivity index (χ0) is 24.2. The first-order valence-corrected chi connectivity index (χ1v) is 12.0. The molecule has 2 N–H and O–H groups in total. The topological polar surface area (TPSA) is 83.8 Å². The number of unbranched alkanes of at least 4 members (excludes halogenated alkanes) is 5. The van der Waals surface area contributed by atoms with Gasteiger partial charge < -0.3 is 14.9 Å². The summed E-state index contributed by atoms with van der Waals surface area (Å²) in [6.45, 7) is 2.86. The maximum absolute atomic E-state index is 13.1. The van der Waals surface area contributed by atoms with E-state index in [4.69, 9.17) is 16.3 Å². The number of aromatic hydroxyl groups is 2. The second-order valence-electron chi connectivity index (χ2n) is 8.53. The number of carbonyl (C=O) groups is 2. The summed E-state index contributed by atoms with van der Waals surface area (Å²) >= 11 is 5.98. The molecule has 0 bridgehead atoms. The highest BCUT2D eigenvalue weighted by atomic mass is 35.5. The molecule has 176 valence electrons. The number of rotatable bonds is 9. The maximum Gasteiger partial charge on any atom is 0.198 e. The van der Waals surface area contributed by atoms with Crippen LogP contribution in [0.25, 0.3) is 11.1 Å². The Labute approximate surface area is 204 Å². The number of halogens is 1. The summed E-state index contributed by atoms with van der Waals surface area (Å²) in [4.78, 5) is 26.1. The quantitative estimate of drug-likeness (QED) is 0.255. The van der Waals surface area contributed by atoms with E-state index in [1.807, 2.05) is 24.3 Å². The second-order valence-corrected chi connectivity index (χ2v) is 8.97. The van der Waals surface area contributed by atoms with Crippen LogP contribution in [-0.4, -0.2) is 28.4 Å². The summed E-state index contributed by atoms with van der Waals surface area (Å²) in [5.74, 6) is -0.979. The summed E-state index contributed by atoms with van der Waals surface area (Å²) in [6.07, 6.45) is 7.17. The van der Waals surface area contributed by atoms with Gasteiger partial charge in [0.15, 0.2) is 11.6 Å². The van der Waals surface area contributed by atoms with E-state index in [1.54, 1.807) is 6.07 Å². The lowest BCUT2D eigenvalue weighted by Crippen LogP contribution is -2.21. The summed E-state index contributed by atoms with van der Waals surface area (Å²) in [5, 5.41) is 21.3. The highest BCUT2D eigenvalue weighted by Gasteiger charge is 2.35. The van der Waals surface area contributed by atoms with E-state index in [-0.39, 0.29) is 38.8 Å². The number of benzene rings is 3. The van der Waals surface area contributed by atoms with E-state index in [9.17, 15) is 19.8 Å². The van der Waals surface area contributed by atoms with Crippen molar-refractivity contribution in [2.24, 2.45) is 0 Å². The Hall–Kier alpha value is -3.31. The highest BCUT2D eigenvalue weighted by molar-refractivity contribution is 6.34. The number of phenols is 2. The van der Waals surface area contributed by atoms with Crippen LogP contribution in [0.15, 0.2) is 48.5 Å². The molecule has 0 spiro atoms. The number of phenolic OH excluding ortho intramolecular Hbond substituents is 2. The van der Waals surface area contributed by atoms with Crippen LogP contribution in [0.2, 0.25) is 5.02 Å². The van der Waals surface area contributed by atoms with Crippen LogP contribution in [0.3, 0.4) is 0 Å². The summed E-state index contributed by atoms with van der Waals surface area (Å²) < 4.78 is 5.82. The van der Waals surface area contributed by atoms with Crippen molar-refractivity contribution >= 4 is 23.2 Å². The number of ketones is 2. The average Bonchev–Trinajstić information content (AvgIpc) is 2.82. The van der Waals surface area contributed by atoms with E-state index >= 15 is 0 Å². The normalized spacial score (nSPS) is 12.4. The third-order valence-electron chi connectivity index (χ3n) is 6.14. The van der Waals surface area contributed by atoms with Crippen LogP contribution in [0, 0.1) is 0 Å². The molecule has 0 amide bonds. The van der Waals surface area contributed by atoms with Crippen molar-refractivity contribution in [3.05, 3.63) is 75.8 Å². The van der Waals surface area contributed by atoms with Crippen LogP contribution in [0.4, 0.5) is 0 Å². The molecule has 0 atom stereocenters. The average molecular weight is 479 g/mol. The van der Waals surface area contributed by atoms with Crippen molar-refractivity contribution in [2.75, 3.05) is 6.61 Å². The van der Waals surface area contributed by atoms with Gasteiger partial charge in [0, 0.05) is 21.7 Å². The molecule has 0 unspecified atom stereocenters. The molecule has 0 saturated carbocycles. The molecule has 0 heterocycles. The van der Waals surface area contributed by atoms with Crippen LogP contribution in [0.5, 0.6) is 17.2 Å². The van der Waals surface area contributed by atoms with Gasteiger partial charge in [-0.25, -0.2) is 0 Å². The lowest BCUT2D eigenvalue weighted by Gasteiger charge is -2.21. The van der Waals surface area contributed by atoms with E-state index in [0.29, 0.717) is 17.7 Å². The molecule has 0 aromatic heterocycles. The van der Waals surface area contributed by atoms with Gasteiger partial charge in [0.25, 0.3) is 0 Å². The van der Waals surface area contributed by atoms with Gasteiger partial charge in [-0.2, -0.15) is 0 Å². The Morgan fingerprint density at radius 1 is 0.765 bits per heavy atom. The van der Waals surface area contributed by atoms with Gasteiger partial charge in [0.1, 0.15) is 17.2 Å².